The summed E-state index contributed by atoms with van der Waals surface area (Å²) in [6, 6.07) is 0. The van der Waals surface area contributed by atoms with Gasteiger partial charge in [-0.2, -0.15) is 13.2 Å². The van der Waals surface area contributed by atoms with Crippen LogP contribution in [0.1, 0.15) is 72.6 Å². The molecule has 4 aliphatic carbocycles. The Balaban J connectivity index is 1.79. The lowest BCUT2D eigenvalue weighted by molar-refractivity contribution is -0.204. The number of rotatable bonds is 2. The van der Waals surface area contributed by atoms with E-state index < -0.39 is 34.5 Å². The Labute approximate surface area is 181 Å². The highest BCUT2D eigenvalue weighted by atomic mass is 19.4. The summed E-state index contributed by atoms with van der Waals surface area (Å²) in [7, 11) is 0. The second-order valence-electron chi connectivity index (χ2n) is 10.7. The number of hydrogen-bond acceptors (Lipinski definition) is 4. The van der Waals surface area contributed by atoms with Crippen LogP contribution in [0.5, 0.6) is 0 Å². The summed E-state index contributed by atoms with van der Waals surface area (Å²) in [6.45, 7) is 6.55. The second kappa shape index (κ2) is 6.92. The van der Waals surface area contributed by atoms with E-state index in [-0.39, 0.29) is 47.7 Å². The molecular formula is C24H31F3O4. The van der Waals surface area contributed by atoms with Crippen molar-refractivity contribution in [3.05, 3.63) is 11.6 Å². The van der Waals surface area contributed by atoms with Crippen LogP contribution in [0.25, 0.3) is 0 Å². The van der Waals surface area contributed by atoms with Gasteiger partial charge in [-0.25, -0.2) is 0 Å². The van der Waals surface area contributed by atoms with Crippen LogP contribution in [0.4, 0.5) is 13.2 Å². The van der Waals surface area contributed by atoms with Gasteiger partial charge < -0.3 is 4.74 Å². The first-order valence-corrected chi connectivity index (χ1v) is 11.3. The standard InChI is InChI=1S/C24H31F3O4/c1-13(28)23(31-14(2)29)10-7-18-16-12-20(24(25,26)27)19-11-15(30)5-8-21(19,3)17(16)6-9-22(18,23)4/h11,16-18,20H,5-10,12H2,1-4H3/t16?,17?,18?,20-,21?,22?,23?/m0/s1. The molecule has 172 valence electrons. The molecule has 0 bridgehead atoms. The average Bonchev–Trinajstić information content (AvgIpc) is 2.94. The van der Waals surface area contributed by atoms with Gasteiger partial charge in [-0.3, -0.25) is 14.4 Å². The lowest BCUT2D eigenvalue weighted by Gasteiger charge is -2.60. The molecule has 31 heavy (non-hydrogen) atoms. The fourth-order valence-corrected chi connectivity index (χ4v) is 8.01. The molecule has 0 aromatic carbocycles. The van der Waals surface area contributed by atoms with Crippen molar-refractivity contribution in [1.82, 2.24) is 0 Å². The zero-order chi connectivity index (χ0) is 23.0. The van der Waals surface area contributed by atoms with Crippen LogP contribution < -0.4 is 0 Å². The van der Waals surface area contributed by atoms with Gasteiger partial charge in [-0.15, -0.1) is 0 Å². The summed E-state index contributed by atoms with van der Waals surface area (Å²) in [5.74, 6) is -2.92. The molecule has 3 saturated carbocycles. The number of halogens is 3. The monoisotopic (exact) mass is 440 g/mol. The van der Waals surface area contributed by atoms with E-state index >= 15 is 0 Å². The van der Waals surface area contributed by atoms with Crippen molar-refractivity contribution in [1.29, 1.82) is 0 Å². The number of esters is 1. The van der Waals surface area contributed by atoms with E-state index in [0.29, 0.717) is 32.1 Å². The third-order valence-electron chi connectivity index (χ3n) is 9.41. The average molecular weight is 441 g/mol. The van der Waals surface area contributed by atoms with Crippen LogP contribution in [0.2, 0.25) is 0 Å². The van der Waals surface area contributed by atoms with Gasteiger partial charge in [0.2, 0.25) is 0 Å². The van der Waals surface area contributed by atoms with Gasteiger partial charge in [0.05, 0.1) is 5.92 Å². The second-order valence-corrected chi connectivity index (χ2v) is 10.7. The van der Waals surface area contributed by atoms with Crippen LogP contribution in [-0.4, -0.2) is 29.3 Å². The first kappa shape index (κ1) is 22.5. The van der Waals surface area contributed by atoms with Crippen molar-refractivity contribution in [3.8, 4) is 0 Å². The van der Waals surface area contributed by atoms with Gasteiger partial charge in [0.1, 0.15) is 0 Å². The van der Waals surface area contributed by atoms with Crippen LogP contribution in [0.3, 0.4) is 0 Å². The fraction of sp³-hybridized carbons (Fsp3) is 0.792. The zero-order valence-electron chi connectivity index (χ0n) is 18.6. The summed E-state index contributed by atoms with van der Waals surface area (Å²) in [5, 5.41) is 0. The van der Waals surface area contributed by atoms with Crippen molar-refractivity contribution >= 4 is 17.5 Å². The summed E-state index contributed by atoms with van der Waals surface area (Å²) >= 11 is 0. The van der Waals surface area contributed by atoms with Crippen molar-refractivity contribution in [2.75, 3.05) is 0 Å². The molecular weight excluding hydrogens is 409 g/mol. The maximum absolute atomic E-state index is 14.2. The van der Waals surface area contributed by atoms with E-state index in [9.17, 15) is 27.6 Å². The molecule has 0 aliphatic heterocycles. The molecule has 0 N–H and O–H groups in total. The summed E-state index contributed by atoms with van der Waals surface area (Å²) < 4.78 is 48.2. The Bertz CT molecular complexity index is 861. The third-order valence-corrected chi connectivity index (χ3v) is 9.41. The van der Waals surface area contributed by atoms with Crippen LogP contribution >= 0.6 is 0 Å². The third kappa shape index (κ3) is 3.05. The molecule has 3 fully saturated rings. The number of carbonyl (C=O) groups is 3. The van der Waals surface area contributed by atoms with Gasteiger partial charge in [-0.05, 0) is 80.3 Å². The van der Waals surface area contributed by atoms with Gasteiger partial charge in [-0.1, -0.05) is 13.8 Å². The molecule has 6 unspecified atom stereocenters. The van der Waals surface area contributed by atoms with Gasteiger partial charge >= 0.3 is 12.1 Å². The first-order valence-electron chi connectivity index (χ1n) is 11.3. The Hall–Kier alpha value is -1.66. The number of hydrogen-bond donors (Lipinski definition) is 0. The van der Waals surface area contributed by atoms with E-state index in [1.807, 2.05) is 13.8 Å². The topological polar surface area (TPSA) is 60.4 Å². The normalized spacial score (nSPS) is 44.6. The highest BCUT2D eigenvalue weighted by molar-refractivity contribution is 5.92. The highest BCUT2D eigenvalue weighted by Crippen LogP contribution is 2.70. The zero-order valence-corrected chi connectivity index (χ0v) is 18.6. The fourth-order valence-electron chi connectivity index (χ4n) is 8.01. The van der Waals surface area contributed by atoms with Crippen molar-refractivity contribution < 1.29 is 32.3 Å². The van der Waals surface area contributed by atoms with E-state index in [0.717, 1.165) is 0 Å². The van der Waals surface area contributed by atoms with Crippen LogP contribution in [0, 0.1) is 34.5 Å². The maximum Gasteiger partial charge on any atom is 0.395 e. The predicted octanol–water partition coefficient (Wildman–Crippen LogP) is 5.20. The van der Waals surface area contributed by atoms with E-state index in [1.165, 1.54) is 19.9 Å². The van der Waals surface area contributed by atoms with Crippen molar-refractivity contribution in [2.24, 2.45) is 34.5 Å². The number of carbonyl (C=O) groups excluding carboxylic acids is 3. The largest absolute Gasteiger partial charge is 0.451 e. The number of fused-ring (bicyclic) bond motifs is 5. The molecule has 0 saturated heterocycles. The Morgan fingerprint density at radius 3 is 2.29 bits per heavy atom. The molecule has 0 amide bonds. The number of ether oxygens (including phenoxy) is 1. The lowest BCUT2D eigenvalue weighted by Crippen LogP contribution is -2.60. The molecule has 0 radical (unpaired) electrons. The molecule has 4 nitrogen and oxygen atoms in total. The first-order chi connectivity index (χ1) is 14.3. The number of ketones is 2. The van der Waals surface area contributed by atoms with Crippen molar-refractivity contribution in [3.63, 3.8) is 0 Å². The Kier molecular flexibility index (Phi) is 5.03. The molecule has 7 heteroatoms. The molecule has 4 aliphatic rings. The summed E-state index contributed by atoms with van der Waals surface area (Å²) in [5.41, 5.74) is -2.34. The molecule has 0 aromatic rings. The SMILES string of the molecule is CC(=O)OC1(C(C)=O)CCC2C3C[C@H](C(F)(F)F)C4=CC(=O)CCC4(C)C3CCC21C. The molecule has 7 atom stereocenters. The highest BCUT2D eigenvalue weighted by Gasteiger charge is 2.69. The lowest BCUT2D eigenvalue weighted by atomic mass is 9.44. The molecule has 0 heterocycles. The van der Waals surface area contributed by atoms with E-state index in [2.05, 4.69) is 0 Å². The molecule has 0 aromatic heterocycles. The van der Waals surface area contributed by atoms with E-state index in [4.69, 9.17) is 4.74 Å². The van der Waals surface area contributed by atoms with Crippen molar-refractivity contribution in [2.45, 2.75) is 84.4 Å². The van der Waals surface area contributed by atoms with Gasteiger partial charge in [0, 0.05) is 18.8 Å². The molecule has 0 spiro atoms. The summed E-state index contributed by atoms with van der Waals surface area (Å²) in [4.78, 5) is 36.7. The number of allylic oxidation sites excluding steroid dienone is 1. The minimum Gasteiger partial charge on any atom is -0.451 e. The Morgan fingerprint density at radius 1 is 1.06 bits per heavy atom. The van der Waals surface area contributed by atoms with Crippen LogP contribution in [0.15, 0.2) is 11.6 Å². The Morgan fingerprint density at radius 2 is 1.71 bits per heavy atom. The number of Topliss-reactive ketones (excluding diaryl/α,β-unsaturated/α-hetero) is 1. The van der Waals surface area contributed by atoms with Crippen LogP contribution in [-0.2, 0) is 19.1 Å². The summed E-state index contributed by atoms with van der Waals surface area (Å²) in [6.07, 6.45) is -0.257. The minimum absolute atomic E-state index is 0.0311. The smallest absolute Gasteiger partial charge is 0.395 e. The molecule has 4 rings (SSSR count). The quantitative estimate of drug-likeness (QED) is 0.554. The number of alkyl halides is 3. The minimum atomic E-state index is -4.42. The van der Waals surface area contributed by atoms with Gasteiger partial charge in [0.25, 0.3) is 0 Å². The maximum atomic E-state index is 14.2. The van der Waals surface area contributed by atoms with E-state index in [1.54, 1.807) is 0 Å². The van der Waals surface area contributed by atoms with Gasteiger partial charge in [0.15, 0.2) is 17.2 Å². The predicted molar refractivity (Wildman–Crippen MR) is 107 cm³/mol.